The molecule has 8 heteroatoms. The second kappa shape index (κ2) is 17.5. The van der Waals surface area contributed by atoms with Crippen molar-refractivity contribution in [2.24, 2.45) is 0 Å². The second-order valence-corrected chi connectivity index (χ2v) is 10.3. The Morgan fingerprint density at radius 3 is 1.97 bits per heavy atom. The summed E-state index contributed by atoms with van der Waals surface area (Å²) >= 11 is 0. The number of nitrogens with one attached hydrogen (secondary N) is 1. The minimum Gasteiger partial charge on any atom is -0.364 e. The zero-order valence-corrected chi connectivity index (χ0v) is 22.6. The van der Waals surface area contributed by atoms with E-state index in [1.54, 1.807) is 0 Å². The van der Waals surface area contributed by atoms with E-state index in [0.717, 1.165) is 38.8 Å². The Morgan fingerprint density at radius 2 is 1.46 bits per heavy atom. The van der Waals surface area contributed by atoms with Gasteiger partial charge in [-0.2, -0.15) is 0 Å². The van der Waals surface area contributed by atoms with Crippen molar-refractivity contribution in [2.45, 2.75) is 116 Å². The average molecular weight is 491 g/mol. The molecule has 0 bridgehead atoms. The molecule has 1 aliphatic heterocycles. The Morgan fingerprint density at radius 1 is 0.943 bits per heavy atom. The smallest absolute Gasteiger partial charge is 0.353 e. The molecule has 0 aromatic carbocycles. The first-order chi connectivity index (χ1) is 17.0. The summed E-state index contributed by atoms with van der Waals surface area (Å²) in [4.78, 5) is 24.3. The molecular formula is C27H50N6O2. The van der Waals surface area contributed by atoms with E-state index in [1.165, 1.54) is 83.4 Å². The molecule has 2 rings (SSSR count). The van der Waals surface area contributed by atoms with Crippen molar-refractivity contribution in [3.8, 4) is 0 Å². The molecule has 2 heterocycles. The predicted molar refractivity (Wildman–Crippen MR) is 146 cm³/mol. The van der Waals surface area contributed by atoms with E-state index in [0.29, 0.717) is 18.2 Å². The Balaban J connectivity index is 1.62. The molecule has 0 spiro atoms. The Labute approximate surface area is 213 Å². The quantitative estimate of drug-likeness (QED) is 0.129. The molecule has 1 N–H and O–H groups in total. The molecule has 8 nitrogen and oxygen atoms in total. The van der Waals surface area contributed by atoms with E-state index < -0.39 is 0 Å². The molecule has 0 unspecified atom stereocenters. The zero-order chi connectivity index (χ0) is 25.3. The molecular weight excluding hydrogens is 440 g/mol. The summed E-state index contributed by atoms with van der Waals surface area (Å²) in [5.74, 6) is 0.762. The summed E-state index contributed by atoms with van der Waals surface area (Å²) in [6.07, 6.45) is 21.9. The normalized spacial score (nSPS) is 14.8. The lowest BCUT2D eigenvalue weighted by molar-refractivity contribution is -0.383. The number of unbranched alkanes of at least 4 members (excludes halogenated alkanes) is 13. The van der Waals surface area contributed by atoms with Crippen LogP contribution in [-0.4, -0.2) is 59.6 Å². The monoisotopic (exact) mass is 490 g/mol. The predicted octanol–water partition coefficient (Wildman–Crippen LogP) is 6.81. The van der Waals surface area contributed by atoms with Crippen LogP contribution >= 0.6 is 0 Å². The van der Waals surface area contributed by atoms with Gasteiger partial charge < -0.3 is 15.1 Å². The summed E-state index contributed by atoms with van der Waals surface area (Å²) in [5, 5.41) is 15.1. The largest absolute Gasteiger partial charge is 0.364 e. The summed E-state index contributed by atoms with van der Waals surface area (Å²) in [7, 11) is 4.03. The highest BCUT2D eigenvalue weighted by molar-refractivity contribution is 5.70. The van der Waals surface area contributed by atoms with E-state index in [4.69, 9.17) is 0 Å². The van der Waals surface area contributed by atoms with Crippen LogP contribution in [0.2, 0.25) is 0 Å². The van der Waals surface area contributed by atoms with E-state index in [1.807, 2.05) is 11.9 Å². The van der Waals surface area contributed by atoms with E-state index in [2.05, 4.69) is 34.2 Å². The standard InChI is InChI=1S/C27H50N6O2/c1-4-5-6-7-8-9-10-11-12-13-14-15-16-17-20-28-26-25(33(34)35)27(30-23-29-26)32(3)24-18-21-31(2)22-19-24/h23-24H,4-22H2,1-3H3,(H,28,29,30). The molecule has 0 amide bonds. The lowest BCUT2D eigenvalue weighted by Gasteiger charge is -2.35. The zero-order valence-electron chi connectivity index (χ0n) is 22.6. The lowest BCUT2D eigenvalue weighted by Crippen LogP contribution is -2.42. The van der Waals surface area contributed by atoms with Crippen LogP contribution in [0.25, 0.3) is 0 Å². The molecule has 0 radical (unpaired) electrons. The number of aromatic nitrogens is 2. The van der Waals surface area contributed by atoms with Crippen LogP contribution in [0, 0.1) is 10.1 Å². The van der Waals surface area contributed by atoms with Crippen molar-refractivity contribution in [2.75, 3.05) is 43.9 Å². The van der Waals surface area contributed by atoms with Gasteiger partial charge >= 0.3 is 5.69 Å². The van der Waals surface area contributed by atoms with Crippen molar-refractivity contribution in [3.05, 3.63) is 16.4 Å². The highest BCUT2D eigenvalue weighted by atomic mass is 16.6. The first-order valence-electron chi connectivity index (χ1n) is 14.2. The minimum atomic E-state index is -0.339. The Bertz CT molecular complexity index is 709. The van der Waals surface area contributed by atoms with Gasteiger partial charge in [0.25, 0.3) is 0 Å². The highest BCUT2D eigenvalue weighted by Gasteiger charge is 2.30. The van der Waals surface area contributed by atoms with Gasteiger partial charge in [0.1, 0.15) is 6.33 Å². The van der Waals surface area contributed by atoms with Crippen LogP contribution in [-0.2, 0) is 0 Å². The molecule has 1 saturated heterocycles. The average Bonchev–Trinajstić information content (AvgIpc) is 2.86. The van der Waals surface area contributed by atoms with Gasteiger partial charge in [-0.1, -0.05) is 90.4 Å². The van der Waals surface area contributed by atoms with Crippen molar-refractivity contribution < 1.29 is 4.92 Å². The molecule has 0 aliphatic carbocycles. The summed E-state index contributed by atoms with van der Waals surface area (Å²) in [6.45, 7) is 4.97. The lowest BCUT2D eigenvalue weighted by atomic mass is 10.0. The summed E-state index contributed by atoms with van der Waals surface area (Å²) < 4.78 is 0. The fourth-order valence-corrected chi connectivity index (χ4v) is 5.01. The van der Waals surface area contributed by atoms with Gasteiger partial charge in [0, 0.05) is 19.6 Å². The maximum atomic E-state index is 11.9. The van der Waals surface area contributed by atoms with Crippen LogP contribution in [0.5, 0.6) is 0 Å². The fourth-order valence-electron chi connectivity index (χ4n) is 5.01. The number of nitro groups is 1. The van der Waals surface area contributed by atoms with Gasteiger partial charge in [0.15, 0.2) is 0 Å². The van der Waals surface area contributed by atoms with Gasteiger partial charge in [-0.05, 0) is 39.4 Å². The highest BCUT2D eigenvalue weighted by Crippen LogP contribution is 2.33. The molecule has 1 fully saturated rings. The van der Waals surface area contributed by atoms with Crippen molar-refractivity contribution in [3.63, 3.8) is 0 Å². The molecule has 0 saturated carbocycles. The maximum Gasteiger partial charge on any atom is 0.353 e. The van der Waals surface area contributed by atoms with Gasteiger partial charge in [0.2, 0.25) is 11.6 Å². The molecule has 1 aromatic rings. The number of hydrogen-bond acceptors (Lipinski definition) is 7. The SMILES string of the molecule is CCCCCCCCCCCCCCCCNc1ncnc(N(C)C2CCN(C)CC2)c1[N+](=O)[O-]. The molecule has 0 atom stereocenters. The molecule has 1 aliphatic rings. The van der Waals surface area contributed by atoms with Crippen LogP contribution in [0.4, 0.5) is 17.3 Å². The van der Waals surface area contributed by atoms with Crippen molar-refractivity contribution in [1.29, 1.82) is 0 Å². The van der Waals surface area contributed by atoms with Gasteiger partial charge in [-0.15, -0.1) is 0 Å². The van der Waals surface area contributed by atoms with Crippen LogP contribution in [0.15, 0.2) is 6.33 Å². The third-order valence-corrected chi connectivity index (χ3v) is 7.38. The van der Waals surface area contributed by atoms with Gasteiger partial charge in [0.05, 0.1) is 4.92 Å². The topological polar surface area (TPSA) is 87.4 Å². The van der Waals surface area contributed by atoms with Crippen molar-refractivity contribution >= 4 is 17.3 Å². The number of piperidine rings is 1. The van der Waals surface area contributed by atoms with E-state index in [9.17, 15) is 10.1 Å². The third-order valence-electron chi connectivity index (χ3n) is 7.38. The Kier molecular flexibility index (Phi) is 14.6. The number of nitrogens with zero attached hydrogens (tertiary/aromatic N) is 5. The van der Waals surface area contributed by atoms with Crippen LogP contribution < -0.4 is 10.2 Å². The van der Waals surface area contributed by atoms with Crippen LogP contribution in [0.3, 0.4) is 0 Å². The molecule has 200 valence electrons. The maximum absolute atomic E-state index is 11.9. The summed E-state index contributed by atoms with van der Waals surface area (Å²) in [6, 6.07) is 0.262. The summed E-state index contributed by atoms with van der Waals surface area (Å²) in [5.41, 5.74) is -0.000656. The first-order valence-corrected chi connectivity index (χ1v) is 14.2. The van der Waals surface area contributed by atoms with E-state index >= 15 is 0 Å². The number of rotatable bonds is 19. The van der Waals surface area contributed by atoms with Gasteiger partial charge in [-0.3, -0.25) is 10.1 Å². The number of likely N-dealkylation sites (tertiary alicyclic amines) is 1. The first kappa shape index (κ1) is 29.3. The molecule has 1 aromatic heterocycles. The molecule has 35 heavy (non-hydrogen) atoms. The van der Waals surface area contributed by atoms with Gasteiger partial charge in [-0.25, -0.2) is 9.97 Å². The minimum absolute atomic E-state index is 0.000656. The number of hydrogen-bond donors (Lipinski definition) is 1. The van der Waals surface area contributed by atoms with E-state index in [-0.39, 0.29) is 16.7 Å². The number of anilines is 2. The van der Waals surface area contributed by atoms with Crippen LogP contribution in [0.1, 0.15) is 110 Å². The fraction of sp³-hybridized carbons (Fsp3) is 0.852. The third kappa shape index (κ3) is 11.1. The van der Waals surface area contributed by atoms with Crippen molar-refractivity contribution in [1.82, 2.24) is 14.9 Å². The second-order valence-electron chi connectivity index (χ2n) is 10.3. The Hall–Kier alpha value is -1.96.